The molecule has 4 nitrogen and oxygen atoms in total. The van der Waals surface area contributed by atoms with Gasteiger partial charge in [-0.2, -0.15) is 13.2 Å². The van der Waals surface area contributed by atoms with Gasteiger partial charge in [-0.15, -0.1) is 11.3 Å². The Balaban J connectivity index is 1.70. The smallest absolute Gasteiger partial charge is 0.416 e. The van der Waals surface area contributed by atoms with Crippen molar-refractivity contribution >= 4 is 23.2 Å². The Hall–Kier alpha value is -2.35. The molecule has 0 unspecified atom stereocenters. The molecule has 1 heterocycles. The number of ether oxygens (including phenoxy) is 1. The first kappa shape index (κ1) is 18.0. The Morgan fingerprint density at radius 3 is 2.42 bits per heavy atom. The monoisotopic (exact) mass is 357 g/mol. The van der Waals surface area contributed by atoms with Crippen LogP contribution in [0.3, 0.4) is 0 Å². The van der Waals surface area contributed by atoms with E-state index in [1.165, 1.54) is 11.3 Å². The fourth-order valence-corrected chi connectivity index (χ4v) is 2.45. The van der Waals surface area contributed by atoms with Gasteiger partial charge in [0.25, 0.3) is 5.91 Å². The Labute approximate surface area is 140 Å². The standard InChI is InChI=1S/C16H14F3NO3S/c17-16(18,19)12-6-4-11(5-7-12)15(22)23-9-2-8-20-14(21)13-3-1-10-24-13/h1,3-7,10H,2,8-9H2,(H,20,21). The minimum atomic E-state index is -4.44. The molecule has 1 aromatic carbocycles. The maximum absolute atomic E-state index is 12.4. The number of esters is 1. The number of carbonyl (C=O) groups is 2. The molecule has 0 fully saturated rings. The quantitative estimate of drug-likeness (QED) is 0.633. The normalized spacial score (nSPS) is 11.1. The molecule has 0 aliphatic carbocycles. The highest BCUT2D eigenvalue weighted by Gasteiger charge is 2.30. The average Bonchev–Trinajstić information content (AvgIpc) is 3.08. The van der Waals surface area contributed by atoms with Gasteiger partial charge in [-0.25, -0.2) is 4.79 Å². The zero-order valence-corrected chi connectivity index (χ0v) is 13.2. The zero-order valence-electron chi connectivity index (χ0n) is 12.4. The van der Waals surface area contributed by atoms with E-state index in [0.29, 0.717) is 17.8 Å². The highest BCUT2D eigenvalue weighted by molar-refractivity contribution is 7.12. The second kappa shape index (κ2) is 7.96. The lowest BCUT2D eigenvalue weighted by Gasteiger charge is -2.08. The predicted octanol–water partition coefficient (Wildman–Crippen LogP) is 3.74. The van der Waals surface area contributed by atoms with Gasteiger partial charge in [0.2, 0.25) is 0 Å². The Kier molecular flexibility index (Phi) is 5.97. The van der Waals surface area contributed by atoms with Crippen LogP contribution >= 0.6 is 11.3 Å². The summed E-state index contributed by atoms with van der Waals surface area (Å²) >= 11 is 1.32. The molecule has 2 rings (SSSR count). The van der Waals surface area contributed by atoms with Crippen LogP contribution in [0.1, 0.15) is 32.0 Å². The number of halogens is 3. The molecule has 0 radical (unpaired) electrons. The summed E-state index contributed by atoms with van der Waals surface area (Å²) in [6.07, 6.45) is -4.04. The van der Waals surface area contributed by atoms with Crippen LogP contribution in [0.2, 0.25) is 0 Å². The summed E-state index contributed by atoms with van der Waals surface area (Å²) in [5.74, 6) is -0.896. The van der Waals surface area contributed by atoms with Crippen LogP contribution in [0.5, 0.6) is 0 Å². The van der Waals surface area contributed by atoms with Crippen molar-refractivity contribution in [2.24, 2.45) is 0 Å². The second-order valence-corrected chi connectivity index (χ2v) is 5.75. The molecule has 0 aliphatic rings. The molecular formula is C16H14F3NO3S. The predicted molar refractivity (Wildman–Crippen MR) is 83.0 cm³/mol. The highest BCUT2D eigenvalue weighted by atomic mass is 32.1. The molecule has 128 valence electrons. The number of alkyl halides is 3. The minimum absolute atomic E-state index is 0.0469. The first-order valence-corrected chi connectivity index (χ1v) is 7.92. The van der Waals surface area contributed by atoms with E-state index < -0.39 is 17.7 Å². The van der Waals surface area contributed by atoms with E-state index in [2.05, 4.69) is 5.32 Å². The Morgan fingerprint density at radius 1 is 1.12 bits per heavy atom. The van der Waals surface area contributed by atoms with Crippen molar-refractivity contribution in [1.82, 2.24) is 5.32 Å². The number of nitrogens with one attached hydrogen (secondary N) is 1. The third kappa shape index (κ3) is 5.09. The molecule has 0 saturated carbocycles. The number of hydrogen-bond acceptors (Lipinski definition) is 4. The molecule has 8 heteroatoms. The largest absolute Gasteiger partial charge is 0.462 e. The first-order valence-electron chi connectivity index (χ1n) is 7.04. The zero-order chi connectivity index (χ0) is 17.6. The van der Waals surface area contributed by atoms with Gasteiger partial charge < -0.3 is 10.1 Å². The number of benzene rings is 1. The second-order valence-electron chi connectivity index (χ2n) is 4.80. The van der Waals surface area contributed by atoms with Gasteiger partial charge in [-0.1, -0.05) is 6.07 Å². The molecule has 1 amide bonds. The summed E-state index contributed by atoms with van der Waals surface area (Å²) in [5.41, 5.74) is -0.777. The maximum atomic E-state index is 12.4. The maximum Gasteiger partial charge on any atom is 0.416 e. The molecule has 2 aromatic rings. The van der Waals surface area contributed by atoms with Gasteiger partial charge in [0, 0.05) is 6.54 Å². The van der Waals surface area contributed by atoms with Crippen LogP contribution in [-0.2, 0) is 10.9 Å². The first-order chi connectivity index (χ1) is 11.4. The lowest BCUT2D eigenvalue weighted by Crippen LogP contribution is -2.24. The topological polar surface area (TPSA) is 55.4 Å². The van der Waals surface area contributed by atoms with Gasteiger partial charge in [-0.3, -0.25) is 4.79 Å². The van der Waals surface area contributed by atoms with Gasteiger partial charge in [-0.05, 0) is 42.1 Å². The van der Waals surface area contributed by atoms with E-state index >= 15 is 0 Å². The summed E-state index contributed by atoms with van der Waals surface area (Å²) in [4.78, 5) is 23.9. The summed E-state index contributed by atoms with van der Waals surface area (Å²) in [7, 11) is 0. The van der Waals surface area contributed by atoms with E-state index in [1.54, 1.807) is 17.5 Å². The number of thiophene rings is 1. The Bertz CT molecular complexity index is 682. The van der Waals surface area contributed by atoms with E-state index in [-0.39, 0.29) is 18.1 Å². The van der Waals surface area contributed by atoms with Gasteiger partial charge in [0.1, 0.15) is 0 Å². The van der Waals surface area contributed by atoms with Crippen molar-refractivity contribution in [3.63, 3.8) is 0 Å². The molecule has 0 spiro atoms. The molecule has 1 N–H and O–H groups in total. The fourth-order valence-electron chi connectivity index (χ4n) is 1.81. The summed E-state index contributed by atoms with van der Waals surface area (Å²) in [5, 5.41) is 4.47. The van der Waals surface area contributed by atoms with Gasteiger partial charge >= 0.3 is 12.1 Å². The molecule has 0 aliphatic heterocycles. The molecule has 24 heavy (non-hydrogen) atoms. The van der Waals surface area contributed by atoms with Crippen molar-refractivity contribution in [2.45, 2.75) is 12.6 Å². The van der Waals surface area contributed by atoms with Crippen molar-refractivity contribution in [3.05, 3.63) is 57.8 Å². The third-order valence-electron chi connectivity index (χ3n) is 3.03. The summed E-state index contributed by atoms with van der Waals surface area (Å²) in [6.45, 7) is 0.390. The van der Waals surface area contributed by atoms with Crippen molar-refractivity contribution in [1.29, 1.82) is 0 Å². The van der Waals surface area contributed by atoms with E-state index in [9.17, 15) is 22.8 Å². The number of amides is 1. The van der Waals surface area contributed by atoms with Crippen molar-refractivity contribution in [3.8, 4) is 0 Å². The van der Waals surface area contributed by atoms with E-state index in [0.717, 1.165) is 24.3 Å². The van der Waals surface area contributed by atoms with E-state index in [1.807, 2.05) is 0 Å². The third-order valence-corrected chi connectivity index (χ3v) is 3.90. The molecule has 0 bridgehead atoms. The van der Waals surface area contributed by atoms with Crippen LogP contribution < -0.4 is 5.32 Å². The molecule has 0 saturated heterocycles. The van der Waals surface area contributed by atoms with E-state index in [4.69, 9.17) is 4.74 Å². The summed E-state index contributed by atoms with van der Waals surface area (Å²) < 4.78 is 42.2. The van der Waals surface area contributed by atoms with Crippen LogP contribution in [0, 0.1) is 0 Å². The number of carbonyl (C=O) groups excluding carboxylic acids is 2. The lowest BCUT2D eigenvalue weighted by molar-refractivity contribution is -0.137. The van der Waals surface area contributed by atoms with Crippen molar-refractivity contribution < 1.29 is 27.5 Å². The molecular weight excluding hydrogens is 343 g/mol. The van der Waals surface area contributed by atoms with Crippen LogP contribution in [0.25, 0.3) is 0 Å². The fraction of sp³-hybridized carbons (Fsp3) is 0.250. The Morgan fingerprint density at radius 2 is 1.83 bits per heavy atom. The summed E-state index contributed by atoms with van der Waals surface area (Å²) in [6, 6.07) is 7.28. The average molecular weight is 357 g/mol. The minimum Gasteiger partial charge on any atom is -0.462 e. The number of rotatable bonds is 6. The molecule has 0 atom stereocenters. The highest BCUT2D eigenvalue weighted by Crippen LogP contribution is 2.29. The SMILES string of the molecule is O=C(OCCCNC(=O)c1cccs1)c1ccc(C(F)(F)F)cc1. The molecule has 1 aromatic heterocycles. The van der Waals surface area contributed by atoms with Crippen LogP contribution in [0.15, 0.2) is 41.8 Å². The van der Waals surface area contributed by atoms with Crippen LogP contribution in [0.4, 0.5) is 13.2 Å². The van der Waals surface area contributed by atoms with Crippen molar-refractivity contribution in [2.75, 3.05) is 13.2 Å². The van der Waals surface area contributed by atoms with Crippen LogP contribution in [-0.4, -0.2) is 25.0 Å². The van der Waals surface area contributed by atoms with Gasteiger partial charge in [0.15, 0.2) is 0 Å². The van der Waals surface area contributed by atoms with Gasteiger partial charge in [0.05, 0.1) is 22.6 Å². The number of hydrogen-bond donors (Lipinski definition) is 1. The lowest BCUT2D eigenvalue weighted by atomic mass is 10.1.